The van der Waals surface area contributed by atoms with E-state index >= 15 is 0 Å². The second kappa shape index (κ2) is 8.25. The molecule has 4 nitrogen and oxygen atoms in total. The molecule has 2 heterocycles. The molecule has 0 atom stereocenters. The van der Waals surface area contributed by atoms with E-state index in [0.717, 1.165) is 22.5 Å². The SMILES string of the molecule is Cc1cc(CN(CCO)Cc2cccnc2)c(C)n1-c1ccccc1F. The number of hydrogen-bond acceptors (Lipinski definition) is 3. The van der Waals surface area contributed by atoms with Crippen molar-refractivity contribution in [1.82, 2.24) is 14.5 Å². The molecule has 3 aromatic rings. The van der Waals surface area contributed by atoms with Crippen molar-refractivity contribution >= 4 is 0 Å². The lowest BCUT2D eigenvalue weighted by molar-refractivity contribution is 0.184. The van der Waals surface area contributed by atoms with Crippen LogP contribution >= 0.6 is 0 Å². The molecule has 2 aromatic heterocycles. The number of aliphatic hydroxyl groups excluding tert-OH is 1. The van der Waals surface area contributed by atoms with Crippen LogP contribution in [0.25, 0.3) is 5.69 Å². The number of nitrogens with zero attached hydrogens (tertiary/aromatic N) is 3. The van der Waals surface area contributed by atoms with E-state index in [1.54, 1.807) is 18.3 Å². The molecule has 136 valence electrons. The van der Waals surface area contributed by atoms with Crippen LogP contribution in [-0.2, 0) is 13.1 Å². The second-order valence-electron chi connectivity index (χ2n) is 6.48. The maximum absolute atomic E-state index is 14.2. The summed E-state index contributed by atoms with van der Waals surface area (Å²) in [6.07, 6.45) is 3.59. The van der Waals surface area contributed by atoms with Gasteiger partial charge in [0, 0.05) is 43.4 Å². The van der Waals surface area contributed by atoms with Crippen molar-refractivity contribution in [2.75, 3.05) is 13.2 Å². The van der Waals surface area contributed by atoms with Gasteiger partial charge in [0.1, 0.15) is 5.82 Å². The lowest BCUT2D eigenvalue weighted by atomic mass is 10.2. The molecule has 0 aliphatic heterocycles. The highest BCUT2D eigenvalue weighted by molar-refractivity contribution is 5.42. The number of rotatable bonds is 7. The lowest BCUT2D eigenvalue weighted by Crippen LogP contribution is -2.26. The minimum atomic E-state index is -0.233. The van der Waals surface area contributed by atoms with Gasteiger partial charge in [-0.1, -0.05) is 18.2 Å². The fourth-order valence-electron chi connectivity index (χ4n) is 3.34. The van der Waals surface area contributed by atoms with Crippen LogP contribution in [-0.4, -0.2) is 32.7 Å². The molecule has 0 bridgehead atoms. The molecule has 0 aliphatic carbocycles. The lowest BCUT2D eigenvalue weighted by Gasteiger charge is -2.21. The van der Waals surface area contributed by atoms with Crippen LogP contribution in [0.15, 0.2) is 54.9 Å². The Morgan fingerprint density at radius 2 is 1.92 bits per heavy atom. The van der Waals surface area contributed by atoms with Gasteiger partial charge in [-0.25, -0.2) is 4.39 Å². The Balaban J connectivity index is 1.87. The van der Waals surface area contributed by atoms with Crippen molar-refractivity contribution in [1.29, 1.82) is 0 Å². The minimum absolute atomic E-state index is 0.0896. The van der Waals surface area contributed by atoms with Crippen molar-refractivity contribution < 1.29 is 9.50 Å². The summed E-state index contributed by atoms with van der Waals surface area (Å²) in [7, 11) is 0. The number of hydrogen-bond donors (Lipinski definition) is 1. The third-order valence-electron chi connectivity index (χ3n) is 4.57. The molecule has 0 unspecified atom stereocenters. The molecular formula is C21H24FN3O. The highest BCUT2D eigenvalue weighted by Crippen LogP contribution is 2.24. The van der Waals surface area contributed by atoms with E-state index in [4.69, 9.17) is 0 Å². The molecule has 3 rings (SSSR count). The predicted octanol–water partition coefficient (Wildman–Crippen LogP) is 3.62. The van der Waals surface area contributed by atoms with Gasteiger partial charge < -0.3 is 9.67 Å². The van der Waals surface area contributed by atoms with Crippen molar-refractivity contribution in [3.63, 3.8) is 0 Å². The fraction of sp³-hybridized carbons (Fsp3) is 0.286. The number of pyridine rings is 1. The van der Waals surface area contributed by atoms with Gasteiger partial charge in [0.05, 0.1) is 12.3 Å². The van der Waals surface area contributed by atoms with Crippen molar-refractivity contribution in [3.8, 4) is 5.69 Å². The van der Waals surface area contributed by atoms with E-state index in [2.05, 4.69) is 16.0 Å². The summed E-state index contributed by atoms with van der Waals surface area (Å²) in [4.78, 5) is 6.33. The smallest absolute Gasteiger partial charge is 0.147 e. The zero-order valence-corrected chi connectivity index (χ0v) is 15.2. The van der Waals surface area contributed by atoms with Gasteiger partial charge in [0.15, 0.2) is 0 Å². The largest absolute Gasteiger partial charge is 0.395 e. The Morgan fingerprint density at radius 1 is 1.12 bits per heavy atom. The summed E-state index contributed by atoms with van der Waals surface area (Å²) >= 11 is 0. The molecule has 0 saturated heterocycles. The molecule has 0 fully saturated rings. The average molecular weight is 353 g/mol. The molecule has 0 saturated carbocycles. The van der Waals surface area contributed by atoms with Crippen LogP contribution in [0.5, 0.6) is 0 Å². The van der Waals surface area contributed by atoms with Gasteiger partial charge >= 0.3 is 0 Å². The molecular weight excluding hydrogens is 329 g/mol. The Kier molecular flexibility index (Phi) is 5.81. The second-order valence-corrected chi connectivity index (χ2v) is 6.48. The summed E-state index contributed by atoms with van der Waals surface area (Å²) in [5, 5.41) is 9.42. The van der Waals surface area contributed by atoms with E-state index in [0.29, 0.717) is 25.3 Å². The molecule has 26 heavy (non-hydrogen) atoms. The first-order chi connectivity index (χ1) is 12.6. The zero-order chi connectivity index (χ0) is 18.5. The molecule has 0 radical (unpaired) electrons. The van der Waals surface area contributed by atoms with Gasteiger partial charge in [0.25, 0.3) is 0 Å². The first-order valence-electron chi connectivity index (χ1n) is 8.75. The number of para-hydroxylation sites is 1. The normalized spacial score (nSPS) is 11.3. The van der Waals surface area contributed by atoms with E-state index in [-0.39, 0.29) is 12.4 Å². The Bertz CT molecular complexity index is 861. The number of aliphatic hydroxyl groups is 1. The molecule has 0 spiro atoms. The molecule has 1 N–H and O–H groups in total. The fourth-order valence-corrected chi connectivity index (χ4v) is 3.34. The molecule has 5 heteroatoms. The van der Waals surface area contributed by atoms with Crippen LogP contribution in [0.1, 0.15) is 22.5 Å². The van der Waals surface area contributed by atoms with Gasteiger partial charge in [0.2, 0.25) is 0 Å². The quantitative estimate of drug-likeness (QED) is 0.705. The van der Waals surface area contributed by atoms with Crippen molar-refractivity contribution in [2.45, 2.75) is 26.9 Å². The van der Waals surface area contributed by atoms with E-state index in [1.165, 1.54) is 6.07 Å². The maximum Gasteiger partial charge on any atom is 0.147 e. The zero-order valence-electron chi connectivity index (χ0n) is 15.2. The van der Waals surface area contributed by atoms with Crippen LogP contribution in [0.2, 0.25) is 0 Å². The van der Waals surface area contributed by atoms with Crippen LogP contribution in [0.4, 0.5) is 4.39 Å². The maximum atomic E-state index is 14.2. The molecule has 1 aromatic carbocycles. The summed E-state index contributed by atoms with van der Waals surface area (Å²) in [6.45, 7) is 6.04. The Labute approximate surface area is 153 Å². The van der Waals surface area contributed by atoms with Crippen LogP contribution < -0.4 is 0 Å². The summed E-state index contributed by atoms with van der Waals surface area (Å²) in [5.41, 5.74) is 4.80. The number of halogens is 1. The first kappa shape index (κ1) is 18.3. The van der Waals surface area contributed by atoms with Crippen LogP contribution in [0, 0.1) is 19.7 Å². The third kappa shape index (κ3) is 4.00. The van der Waals surface area contributed by atoms with Crippen LogP contribution in [0.3, 0.4) is 0 Å². The van der Waals surface area contributed by atoms with Crippen molar-refractivity contribution in [3.05, 3.63) is 83.2 Å². The average Bonchev–Trinajstić information content (AvgIpc) is 2.90. The molecule has 0 amide bonds. The first-order valence-corrected chi connectivity index (χ1v) is 8.75. The van der Waals surface area contributed by atoms with Gasteiger partial charge in [-0.2, -0.15) is 0 Å². The Hall–Kier alpha value is -2.50. The van der Waals surface area contributed by atoms with E-state index in [1.807, 2.05) is 42.8 Å². The number of benzene rings is 1. The van der Waals surface area contributed by atoms with Gasteiger partial charge in [-0.3, -0.25) is 9.88 Å². The summed E-state index contributed by atoms with van der Waals surface area (Å²) in [6, 6.07) is 12.8. The van der Waals surface area contributed by atoms with Gasteiger partial charge in [-0.15, -0.1) is 0 Å². The van der Waals surface area contributed by atoms with Gasteiger partial charge in [-0.05, 0) is 49.2 Å². The highest BCUT2D eigenvalue weighted by atomic mass is 19.1. The summed E-state index contributed by atoms with van der Waals surface area (Å²) in [5.74, 6) is -0.233. The van der Waals surface area contributed by atoms with E-state index in [9.17, 15) is 9.50 Å². The monoisotopic (exact) mass is 353 g/mol. The van der Waals surface area contributed by atoms with E-state index < -0.39 is 0 Å². The topological polar surface area (TPSA) is 41.3 Å². The minimum Gasteiger partial charge on any atom is -0.395 e. The molecule has 0 aliphatic rings. The van der Waals surface area contributed by atoms with Crippen molar-refractivity contribution in [2.24, 2.45) is 0 Å². The number of aryl methyl sites for hydroxylation is 1. The standard InChI is InChI=1S/C21H24FN3O/c1-16-12-19(17(2)25(16)21-8-4-3-7-20(21)22)15-24(10-11-26)14-18-6-5-9-23-13-18/h3-9,12-13,26H,10-11,14-15H2,1-2H3. The Morgan fingerprint density at radius 3 is 2.62 bits per heavy atom. The predicted molar refractivity (Wildman–Crippen MR) is 101 cm³/mol. The highest BCUT2D eigenvalue weighted by Gasteiger charge is 2.16. The number of aromatic nitrogens is 2. The third-order valence-corrected chi connectivity index (χ3v) is 4.57. The summed E-state index contributed by atoms with van der Waals surface area (Å²) < 4.78 is 16.2.